The summed E-state index contributed by atoms with van der Waals surface area (Å²) in [7, 11) is 0. The maximum absolute atomic E-state index is 13.3. The molecule has 0 atom stereocenters. The van der Waals surface area contributed by atoms with Crippen LogP contribution < -0.4 is 4.74 Å². The van der Waals surface area contributed by atoms with Gasteiger partial charge in [0.1, 0.15) is 22.9 Å². The Bertz CT molecular complexity index is 1160. The van der Waals surface area contributed by atoms with Crippen LogP contribution in [0.15, 0.2) is 41.6 Å². The van der Waals surface area contributed by atoms with Crippen molar-refractivity contribution in [2.45, 2.75) is 69.8 Å². The van der Waals surface area contributed by atoms with Crippen LogP contribution >= 0.6 is 0 Å². The van der Waals surface area contributed by atoms with Gasteiger partial charge in [0, 0.05) is 0 Å². The Morgan fingerprint density at radius 1 is 0.941 bits per heavy atom. The monoisotopic (exact) mass is 475 g/mol. The van der Waals surface area contributed by atoms with Crippen molar-refractivity contribution in [1.82, 2.24) is 0 Å². The summed E-state index contributed by atoms with van der Waals surface area (Å²) in [6, 6.07) is 7.34. The first kappa shape index (κ1) is 24.1. The minimum Gasteiger partial charge on any atom is -0.455 e. The molecule has 1 heterocycles. The van der Waals surface area contributed by atoms with Crippen LogP contribution in [0.5, 0.6) is 11.5 Å². The van der Waals surface area contributed by atoms with Gasteiger partial charge in [-0.05, 0) is 93.1 Å². The van der Waals surface area contributed by atoms with Crippen LogP contribution in [-0.2, 0) is 20.5 Å². The van der Waals surface area contributed by atoms with Gasteiger partial charge in [-0.1, -0.05) is 6.07 Å². The molecule has 1 saturated heterocycles. The number of halogens is 3. The van der Waals surface area contributed by atoms with Crippen LogP contribution in [-0.4, -0.2) is 22.8 Å². The molecule has 6 nitrogen and oxygen atoms in total. The quantitative estimate of drug-likeness (QED) is 0.360. The molecule has 34 heavy (non-hydrogen) atoms. The molecule has 0 bridgehead atoms. The van der Waals surface area contributed by atoms with E-state index in [1.54, 1.807) is 45.9 Å². The molecule has 2 aliphatic rings. The average molecular weight is 475 g/mol. The maximum atomic E-state index is 13.3. The summed E-state index contributed by atoms with van der Waals surface area (Å²) >= 11 is 0. The molecule has 2 aromatic carbocycles. The highest BCUT2D eigenvalue weighted by molar-refractivity contribution is 6.15. The molecular weight excluding hydrogens is 451 g/mol. The number of rotatable bonds is 5. The molecule has 180 valence electrons. The minimum atomic E-state index is -4.64. The molecule has 0 N–H and O–H groups in total. The van der Waals surface area contributed by atoms with E-state index in [0.717, 1.165) is 30.5 Å². The van der Waals surface area contributed by atoms with Crippen LogP contribution in [0.1, 0.15) is 69.1 Å². The van der Waals surface area contributed by atoms with E-state index in [2.05, 4.69) is 5.18 Å². The van der Waals surface area contributed by atoms with Crippen LogP contribution in [0.2, 0.25) is 0 Å². The van der Waals surface area contributed by atoms with E-state index < -0.39 is 34.5 Å². The lowest BCUT2D eigenvalue weighted by molar-refractivity contribution is -0.184. The topological polar surface area (TPSA) is 82.0 Å². The van der Waals surface area contributed by atoms with Gasteiger partial charge >= 0.3 is 6.18 Å². The molecule has 0 unspecified atom stereocenters. The minimum absolute atomic E-state index is 0.168. The highest BCUT2D eigenvalue weighted by Gasteiger charge is 2.54. The predicted octanol–water partition coefficient (Wildman–Crippen LogP) is 6.58. The summed E-state index contributed by atoms with van der Waals surface area (Å²) in [6.07, 6.45) is -2.80. The van der Waals surface area contributed by atoms with Crippen molar-refractivity contribution in [3.8, 4) is 11.5 Å². The number of hydrogen-bond acceptors (Lipinski definition) is 6. The summed E-state index contributed by atoms with van der Waals surface area (Å²) in [5.74, 6) is -1.61. The number of ketones is 2. The van der Waals surface area contributed by atoms with Crippen molar-refractivity contribution < 1.29 is 32.2 Å². The molecule has 9 heteroatoms. The Balaban J connectivity index is 1.77. The maximum Gasteiger partial charge on any atom is 0.416 e. The largest absolute Gasteiger partial charge is 0.455 e. The van der Waals surface area contributed by atoms with E-state index in [1.807, 2.05) is 0 Å². The number of ether oxygens (including phenoxy) is 2. The molecule has 0 amide bonds. The lowest BCUT2D eigenvalue weighted by Gasteiger charge is -2.43. The molecule has 0 aromatic heterocycles. The van der Waals surface area contributed by atoms with E-state index in [1.165, 1.54) is 0 Å². The van der Waals surface area contributed by atoms with Crippen LogP contribution in [0.4, 0.5) is 18.9 Å². The molecule has 2 fully saturated rings. The van der Waals surface area contributed by atoms with Crippen molar-refractivity contribution in [1.29, 1.82) is 0 Å². The van der Waals surface area contributed by atoms with Gasteiger partial charge in [0.05, 0.1) is 5.56 Å². The number of carbonyl (C=O) groups excluding carboxylic acids is 2. The number of benzene rings is 2. The fourth-order valence-electron chi connectivity index (χ4n) is 4.45. The van der Waals surface area contributed by atoms with Crippen molar-refractivity contribution in [2.24, 2.45) is 5.18 Å². The molecule has 0 radical (unpaired) electrons. The van der Waals surface area contributed by atoms with Gasteiger partial charge in [-0.25, -0.2) is 0 Å². The first-order valence-electron chi connectivity index (χ1n) is 10.9. The fraction of sp³-hybridized carbons (Fsp3) is 0.440. The number of hydrogen-bond donors (Lipinski definition) is 0. The molecule has 2 aromatic rings. The Labute approximate surface area is 194 Å². The summed E-state index contributed by atoms with van der Waals surface area (Å²) in [6.45, 7) is 6.49. The van der Waals surface area contributed by atoms with E-state index in [0.29, 0.717) is 11.6 Å². The van der Waals surface area contributed by atoms with E-state index >= 15 is 0 Å². The molecule has 1 aliphatic carbocycles. The molecule has 4 rings (SSSR count). The van der Waals surface area contributed by atoms with Crippen molar-refractivity contribution in [3.05, 3.63) is 58.0 Å². The summed E-state index contributed by atoms with van der Waals surface area (Å²) in [4.78, 5) is 37.8. The van der Waals surface area contributed by atoms with E-state index in [4.69, 9.17) is 9.47 Å². The standard InChI is InChI=1S/C25H24F3NO5/c1-23(2)21(30)20(22(31)24(3,4)34-23)17-12-15(8-9-16(17)13-5-6-13)33-19-10-7-14(25(26,27)28)11-18(19)29-32/h7-13,20H,5-6H2,1-4H3. The molecule has 0 spiro atoms. The third-order valence-electron chi connectivity index (χ3n) is 6.22. The van der Waals surface area contributed by atoms with Crippen molar-refractivity contribution in [2.75, 3.05) is 0 Å². The highest BCUT2D eigenvalue weighted by Crippen LogP contribution is 2.48. The Hall–Kier alpha value is -3.07. The second-order valence-corrected chi connectivity index (χ2v) is 9.72. The number of carbonyl (C=O) groups is 2. The van der Waals surface area contributed by atoms with E-state index in [9.17, 15) is 27.7 Å². The first-order chi connectivity index (χ1) is 15.7. The second kappa shape index (κ2) is 8.01. The van der Waals surface area contributed by atoms with Gasteiger partial charge in [-0.15, -0.1) is 4.91 Å². The zero-order valence-corrected chi connectivity index (χ0v) is 19.2. The number of nitrogens with zero attached hydrogens (tertiary/aromatic N) is 1. The highest BCUT2D eigenvalue weighted by atomic mass is 19.4. The number of nitroso groups, excluding NO2 is 1. The van der Waals surface area contributed by atoms with Gasteiger partial charge in [-0.2, -0.15) is 13.2 Å². The van der Waals surface area contributed by atoms with Gasteiger partial charge < -0.3 is 9.47 Å². The fourth-order valence-corrected chi connectivity index (χ4v) is 4.45. The van der Waals surface area contributed by atoms with Crippen LogP contribution in [0, 0.1) is 4.91 Å². The van der Waals surface area contributed by atoms with Gasteiger partial charge in [0.25, 0.3) is 0 Å². The molecule has 1 saturated carbocycles. The van der Waals surface area contributed by atoms with Crippen molar-refractivity contribution >= 4 is 17.3 Å². The smallest absolute Gasteiger partial charge is 0.416 e. The molecular formula is C25H24F3NO5. The lowest BCUT2D eigenvalue weighted by Crippen LogP contribution is -2.58. The Kier molecular flexibility index (Phi) is 5.67. The zero-order chi connectivity index (χ0) is 25.1. The molecule has 1 aliphatic heterocycles. The second-order valence-electron chi connectivity index (χ2n) is 9.72. The zero-order valence-electron chi connectivity index (χ0n) is 19.2. The summed E-state index contributed by atoms with van der Waals surface area (Å²) in [5, 5.41) is 2.67. The lowest BCUT2D eigenvalue weighted by atomic mass is 9.73. The number of Topliss-reactive ketones (excluding diaryl/α,β-unsaturated/α-hetero) is 2. The normalized spacial score (nSPS) is 20.3. The Morgan fingerprint density at radius 3 is 2.09 bits per heavy atom. The van der Waals surface area contributed by atoms with Gasteiger partial charge in [-0.3, -0.25) is 9.59 Å². The first-order valence-corrected chi connectivity index (χ1v) is 10.9. The van der Waals surface area contributed by atoms with Crippen LogP contribution in [0.3, 0.4) is 0 Å². The third kappa shape index (κ3) is 4.36. The van der Waals surface area contributed by atoms with Crippen molar-refractivity contribution in [3.63, 3.8) is 0 Å². The van der Waals surface area contributed by atoms with E-state index in [-0.39, 0.29) is 29.0 Å². The summed E-state index contributed by atoms with van der Waals surface area (Å²) in [5.41, 5.74) is -2.57. The summed E-state index contributed by atoms with van der Waals surface area (Å²) < 4.78 is 50.5. The van der Waals surface area contributed by atoms with Gasteiger partial charge in [0.2, 0.25) is 0 Å². The third-order valence-corrected chi connectivity index (χ3v) is 6.22. The SMILES string of the molecule is CC1(C)OC(C)(C)C(=O)C(c2cc(Oc3ccc(C(F)(F)F)cc3N=O)ccc2C2CC2)C1=O. The Morgan fingerprint density at radius 2 is 1.56 bits per heavy atom. The number of alkyl halides is 3. The van der Waals surface area contributed by atoms with Gasteiger partial charge in [0.15, 0.2) is 23.0 Å². The average Bonchev–Trinajstić information content (AvgIpc) is 3.57. The van der Waals surface area contributed by atoms with Crippen LogP contribution in [0.25, 0.3) is 0 Å². The predicted molar refractivity (Wildman–Crippen MR) is 117 cm³/mol.